The summed E-state index contributed by atoms with van der Waals surface area (Å²) >= 11 is 0. The standard InChI is InChI=1S/C23H30F3N5O2/c1-22(2,3)18(21(33)27-4)29-20(32)17-16-13-30(5)11-6-12-31(16)19(28-17)14-7-9-15(10-8-14)23(24,25)26/h7-10,18H,6,11-13H2,1-5H3,(H,27,33)(H,29,32)/t18-/m1/s1. The highest BCUT2D eigenvalue weighted by molar-refractivity contribution is 5.97. The zero-order chi connectivity index (χ0) is 24.6. The van der Waals surface area contributed by atoms with E-state index in [2.05, 4.69) is 20.5 Å². The zero-order valence-electron chi connectivity index (χ0n) is 19.5. The van der Waals surface area contributed by atoms with Gasteiger partial charge < -0.3 is 20.1 Å². The number of likely N-dealkylation sites (N-methyl/N-ethyl adjacent to an activating group) is 1. The number of rotatable bonds is 4. The summed E-state index contributed by atoms with van der Waals surface area (Å²) in [6.07, 6.45) is -3.63. The monoisotopic (exact) mass is 465 g/mol. The number of nitrogens with zero attached hydrogens (tertiary/aromatic N) is 3. The van der Waals surface area contributed by atoms with Crippen molar-refractivity contribution in [2.24, 2.45) is 5.41 Å². The molecule has 0 spiro atoms. The first kappa shape index (κ1) is 24.8. The molecule has 2 N–H and O–H groups in total. The number of aromatic nitrogens is 2. The number of benzene rings is 1. The second kappa shape index (κ2) is 9.17. The van der Waals surface area contributed by atoms with Crippen LogP contribution in [0.4, 0.5) is 13.2 Å². The van der Waals surface area contributed by atoms with Crippen molar-refractivity contribution in [2.45, 2.75) is 52.5 Å². The number of hydrogen-bond acceptors (Lipinski definition) is 4. The summed E-state index contributed by atoms with van der Waals surface area (Å²) < 4.78 is 40.9. The summed E-state index contributed by atoms with van der Waals surface area (Å²) in [7, 11) is 3.44. The molecule has 0 radical (unpaired) electrons. The Morgan fingerprint density at radius 3 is 2.27 bits per heavy atom. The van der Waals surface area contributed by atoms with E-state index in [4.69, 9.17) is 0 Å². The maximum Gasteiger partial charge on any atom is 0.416 e. The number of halogens is 3. The van der Waals surface area contributed by atoms with Crippen molar-refractivity contribution in [3.05, 3.63) is 41.2 Å². The molecule has 1 aromatic carbocycles. The van der Waals surface area contributed by atoms with Gasteiger partial charge in [-0.05, 0) is 37.6 Å². The summed E-state index contributed by atoms with van der Waals surface area (Å²) in [6.45, 7) is 7.38. The van der Waals surface area contributed by atoms with Crippen LogP contribution in [0.2, 0.25) is 0 Å². The van der Waals surface area contributed by atoms with Gasteiger partial charge in [0.25, 0.3) is 5.91 Å². The quantitative estimate of drug-likeness (QED) is 0.726. The van der Waals surface area contributed by atoms with Crippen molar-refractivity contribution >= 4 is 11.8 Å². The van der Waals surface area contributed by atoms with Crippen LogP contribution in [-0.4, -0.2) is 52.9 Å². The highest BCUT2D eigenvalue weighted by atomic mass is 19.4. The summed E-state index contributed by atoms with van der Waals surface area (Å²) in [6, 6.07) is 3.99. The molecule has 0 aliphatic carbocycles. The van der Waals surface area contributed by atoms with Gasteiger partial charge in [0.05, 0.1) is 11.3 Å². The molecule has 0 fully saturated rings. The molecule has 0 saturated heterocycles. The van der Waals surface area contributed by atoms with Crippen LogP contribution in [0.3, 0.4) is 0 Å². The van der Waals surface area contributed by atoms with Gasteiger partial charge in [-0.15, -0.1) is 0 Å². The molecule has 1 atom stereocenters. The zero-order valence-corrected chi connectivity index (χ0v) is 19.5. The summed E-state index contributed by atoms with van der Waals surface area (Å²) in [5, 5.41) is 5.39. The highest BCUT2D eigenvalue weighted by Gasteiger charge is 2.35. The van der Waals surface area contributed by atoms with Gasteiger partial charge in [0.15, 0.2) is 5.69 Å². The van der Waals surface area contributed by atoms with E-state index in [-0.39, 0.29) is 11.6 Å². The average Bonchev–Trinajstić information content (AvgIpc) is 2.96. The number of hydrogen-bond donors (Lipinski definition) is 2. The first-order chi connectivity index (χ1) is 15.3. The molecule has 7 nitrogen and oxygen atoms in total. The van der Waals surface area contributed by atoms with E-state index >= 15 is 0 Å². The molecule has 10 heteroatoms. The third-order valence-electron chi connectivity index (χ3n) is 5.75. The molecule has 2 aromatic rings. The molecular weight excluding hydrogens is 435 g/mol. The lowest BCUT2D eigenvalue weighted by Crippen LogP contribution is -2.53. The highest BCUT2D eigenvalue weighted by Crippen LogP contribution is 2.32. The molecule has 2 heterocycles. The lowest BCUT2D eigenvalue weighted by Gasteiger charge is -2.29. The first-order valence-corrected chi connectivity index (χ1v) is 10.8. The minimum Gasteiger partial charge on any atom is -0.357 e. The van der Waals surface area contributed by atoms with Crippen LogP contribution in [0.15, 0.2) is 24.3 Å². The Balaban J connectivity index is 2.05. The van der Waals surface area contributed by atoms with Crippen molar-refractivity contribution in [2.75, 3.05) is 20.6 Å². The van der Waals surface area contributed by atoms with E-state index in [1.54, 1.807) is 0 Å². The third-order valence-corrected chi connectivity index (χ3v) is 5.75. The SMILES string of the molecule is CNC(=O)[C@@H](NC(=O)c1nc(-c2ccc(C(F)(F)F)cc2)n2c1CN(C)CCC2)C(C)(C)C. The van der Waals surface area contributed by atoms with Crippen molar-refractivity contribution in [1.29, 1.82) is 0 Å². The van der Waals surface area contributed by atoms with Crippen LogP contribution in [0, 0.1) is 5.41 Å². The Morgan fingerprint density at radius 2 is 1.73 bits per heavy atom. The number of alkyl halides is 3. The molecule has 0 bridgehead atoms. The van der Waals surface area contributed by atoms with Crippen molar-refractivity contribution < 1.29 is 22.8 Å². The molecule has 0 unspecified atom stereocenters. The van der Waals surface area contributed by atoms with Crippen molar-refractivity contribution in [3.8, 4) is 11.4 Å². The minimum atomic E-state index is -4.43. The van der Waals surface area contributed by atoms with Gasteiger partial charge >= 0.3 is 6.18 Å². The predicted octanol–water partition coefficient (Wildman–Crippen LogP) is 3.29. The number of nitrogens with one attached hydrogen (secondary N) is 2. The average molecular weight is 466 g/mol. The smallest absolute Gasteiger partial charge is 0.357 e. The van der Waals surface area contributed by atoms with E-state index < -0.39 is 29.1 Å². The number of imidazole rings is 1. The van der Waals surface area contributed by atoms with Crippen LogP contribution in [0.25, 0.3) is 11.4 Å². The molecule has 0 saturated carbocycles. The Bertz CT molecular complexity index is 1020. The normalized spacial score (nSPS) is 16.0. The van der Waals surface area contributed by atoms with Crippen LogP contribution >= 0.6 is 0 Å². The number of carbonyl (C=O) groups excluding carboxylic acids is 2. The molecule has 180 valence electrons. The fraction of sp³-hybridized carbons (Fsp3) is 0.522. The maximum absolute atomic E-state index is 13.3. The summed E-state index contributed by atoms with van der Waals surface area (Å²) in [5.41, 5.74) is 0.0555. The Labute approximate surface area is 191 Å². The molecule has 1 aromatic heterocycles. The molecular formula is C23H30F3N5O2. The van der Waals surface area contributed by atoms with Crippen molar-refractivity contribution in [1.82, 2.24) is 25.1 Å². The molecule has 1 aliphatic heterocycles. The number of fused-ring (bicyclic) bond motifs is 1. The summed E-state index contributed by atoms with van der Waals surface area (Å²) in [5.74, 6) is -0.372. The molecule has 33 heavy (non-hydrogen) atoms. The van der Waals surface area contributed by atoms with Gasteiger partial charge in [0.1, 0.15) is 11.9 Å². The lowest BCUT2D eigenvalue weighted by molar-refractivity contribution is -0.137. The van der Waals surface area contributed by atoms with Gasteiger partial charge in [-0.25, -0.2) is 4.98 Å². The van der Waals surface area contributed by atoms with E-state index in [1.165, 1.54) is 19.2 Å². The van der Waals surface area contributed by atoms with E-state index in [1.807, 2.05) is 32.4 Å². The number of carbonyl (C=O) groups is 2. The largest absolute Gasteiger partial charge is 0.416 e. The minimum absolute atomic E-state index is 0.178. The third kappa shape index (κ3) is 5.38. The Hall–Kier alpha value is -2.88. The van der Waals surface area contributed by atoms with E-state index in [9.17, 15) is 22.8 Å². The lowest BCUT2D eigenvalue weighted by atomic mass is 9.86. The van der Waals surface area contributed by atoms with Gasteiger partial charge in [-0.2, -0.15) is 13.2 Å². The second-order valence-corrected chi connectivity index (χ2v) is 9.44. The molecule has 2 amide bonds. The fourth-order valence-corrected chi connectivity index (χ4v) is 3.95. The second-order valence-electron chi connectivity index (χ2n) is 9.44. The molecule has 3 rings (SSSR count). The van der Waals surface area contributed by atoms with Crippen molar-refractivity contribution in [3.63, 3.8) is 0 Å². The maximum atomic E-state index is 13.3. The summed E-state index contributed by atoms with van der Waals surface area (Å²) in [4.78, 5) is 32.3. The number of amides is 2. The van der Waals surface area contributed by atoms with Crippen LogP contribution in [0.1, 0.15) is 48.9 Å². The Morgan fingerprint density at radius 1 is 1.09 bits per heavy atom. The predicted molar refractivity (Wildman–Crippen MR) is 118 cm³/mol. The van der Waals surface area contributed by atoms with E-state index in [0.717, 1.165) is 25.1 Å². The van der Waals surface area contributed by atoms with E-state index in [0.29, 0.717) is 30.2 Å². The van der Waals surface area contributed by atoms with Crippen LogP contribution < -0.4 is 10.6 Å². The van der Waals surface area contributed by atoms with Crippen LogP contribution in [0.5, 0.6) is 0 Å². The van der Waals surface area contributed by atoms with Gasteiger partial charge in [0.2, 0.25) is 5.91 Å². The first-order valence-electron chi connectivity index (χ1n) is 10.8. The van der Waals surface area contributed by atoms with Crippen LogP contribution in [-0.2, 0) is 24.1 Å². The van der Waals surface area contributed by atoms with Gasteiger partial charge in [0, 0.05) is 25.7 Å². The topological polar surface area (TPSA) is 79.3 Å². The molecule has 1 aliphatic rings. The van der Waals surface area contributed by atoms with Gasteiger partial charge in [-0.3, -0.25) is 9.59 Å². The van der Waals surface area contributed by atoms with Gasteiger partial charge in [-0.1, -0.05) is 32.9 Å². The fourth-order valence-electron chi connectivity index (χ4n) is 3.95. The Kier molecular flexibility index (Phi) is 6.88.